The second kappa shape index (κ2) is 19.4. The Hall–Kier alpha value is -4.64. The van der Waals surface area contributed by atoms with Gasteiger partial charge in [0.1, 0.15) is 27.9 Å². The Kier molecular flexibility index (Phi) is 15.1. The number of rotatable bonds is 14. The molecule has 0 aliphatic carbocycles. The van der Waals surface area contributed by atoms with Crippen LogP contribution in [0.15, 0.2) is 74.2 Å². The van der Waals surface area contributed by atoms with Crippen molar-refractivity contribution in [2.75, 3.05) is 17.2 Å². The molecular weight excluding hydrogens is 917 g/mol. The molecular formula is C34H27N9Na2O13S4. The molecule has 3 atom stereocenters. The third-order valence-corrected chi connectivity index (χ3v) is 13.4. The number of carbonyl (C=O) groups excluding carboxylic acids is 4. The number of β-lactam (4-membered cyclic amide) rings is 1. The van der Waals surface area contributed by atoms with Crippen molar-refractivity contribution in [2.45, 2.75) is 40.1 Å². The first-order valence-electron chi connectivity index (χ1n) is 16.9. The van der Waals surface area contributed by atoms with Crippen molar-refractivity contribution in [3.8, 4) is 23.0 Å². The van der Waals surface area contributed by atoms with E-state index in [0.29, 0.717) is 10.7 Å². The van der Waals surface area contributed by atoms with Crippen molar-refractivity contribution in [2.24, 2.45) is 5.16 Å². The van der Waals surface area contributed by atoms with Crippen molar-refractivity contribution in [3.05, 3.63) is 81.9 Å². The van der Waals surface area contributed by atoms with E-state index in [2.05, 4.69) is 30.5 Å². The number of carboxylic acids is 2. The predicted molar refractivity (Wildman–Crippen MR) is 206 cm³/mol. The van der Waals surface area contributed by atoms with E-state index in [9.17, 15) is 58.2 Å². The maximum atomic E-state index is 13.6. The number of sulfone groups is 1. The van der Waals surface area contributed by atoms with E-state index in [-0.39, 0.29) is 109 Å². The number of anilines is 1. The minimum absolute atomic E-state index is 0. The Morgan fingerprint density at radius 1 is 1.03 bits per heavy atom. The number of thiazole rings is 1. The minimum atomic E-state index is -4.08. The fourth-order valence-electron chi connectivity index (χ4n) is 5.91. The van der Waals surface area contributed by atoms with Crippen molar-refractivity contribution >= 4 is 85.1 Å². The molecule has 5 aromatic rings. The number of benzene rings is 2. The average Bonchev–Trinajstić information content (AvgIpc) is 3.80. The summed E-state index contributed by atoms with van der Waals surface area (Å²) in [6.07, 6.45) is -1.99. The van der Waals surface area contributed by atoms with Gasteiger partial charge in [0.25, 0.3) is 17.6 Å². The zero-order valence-corrected chi connectivity index (χ0v) is 39.5. The molecule has 1 fully saturated rings. The molecule has 62 heavy (non-hydrogen) atoms. The monoisotopic (exact) mass is 943 g/mol. The summed E-state index contributed by atoms with van der Waals surface area (Å²) in [6, 6.07) is 6.35. The number of carbonyl (C=O) groups is 4. The van der Waals surface area contributed by atoms with Crippen LogP contribution in [0.3, 0.4) is 0 Å². The number of aliphatic carboxylic acids is 2. The second-order valence-electron chi connectivity index (χ2n) is 12.8. The number of oxime groups is 1. The number of nitrogen functional groups attached to an aromatic ring is 1. The molecule has 2 aliphatic heterocycles. The molecule has 0 saturated carbocycles. The van der Waals surface area contributed by atoms with Gasteiger partial charge in [0.2, 0.25) is 0 Å². The number of thioether (sulfide) groups is 2. The fraction of sp³-hybridized carbons (Fsp3) is 0.206. The number of hydrogen-bond donors (Lipinski definition) is 6. The molecule has 5 heterocycles. The summed E-state index contributed by atoms with van der Waals surface area (Å²) >= 11 is 3.13. The van der Waals surface area contributed by atoms with Crippen LogP contribution in [0.25, 0.3) is 5.78 Å². The van der Waals surface area contributed by atoms with Crippen molar-refractivity contribution in [1.29, 1.82) is 0 Å². The van der Waals surface area contributed by atoms with E-state index in [0.717, 1.165) is 76.2 Å². The van der Waals surface area contributed by atoms with Crippen LogP contribution in [0.4, 0.5) is 5.13 Å². The van der Waals surface area contributed by atoms with E-state index >= 15 is 0 Å². The van der Waals surface area contributed by atoms with E-state index in [1.165, 1.54) is 9.90 Å². The molecule has 0 bridgehead atoms. The topological polar surface area (TPSA) is 348 Å². The van der Waals surface area contributed by atoms with Gasteiger partial charge < -0.3 is 56.1 Å². The standard InChI is InChI=1S/C34H29N9O13S4.2Na/c1-13-6-23(43-34(36-13)38-22(40-43)12-60(54,55)16-3-5-19(45)21(47)8-16)57-9-15-10-58-30-25(29(49)42(30)26(15)31(50)51)39-28(48)24(17-11-59-33(35)37-17)41-56-27(32(52)53)14-2-4-18(44)20(46)7-14;;/h2-8,11,25,27,30,44-47H,9-10,12H2,1H3,(H2,35,37)(H,39,48)(H,50,51)(H,52,53);;/q;2*+1/p-2/b41-24-;;/t25-,27+,30-;;/m1../s1. The van der Waals surface area contributed by atoms with Gasteiger partial charge in [-0.1, -0.05) is 11.2 Å². The molecule has 2 aliphatic rings. The van der Waals surface area contributed by atoms with Gasteiger partial charge in [0.05, 0.1) is 22.5 Å². The number of nitrogens with one attached hydrogen (secondary N) is 1. The zero-order valence-electron chi connectivity index (χ0n) is 32.3. The van der Waals surface area contributed by atoms with Crippen LogP contribution < -0.4 is 80.4 Å². The van der Waals surface area contributed by atoms with Crippen LogP contribution >= 0.6 is 34.9 Å². The van der Waals surface area contributed by atoms with Crippen LogP contribution in [0, 0.1) is 6.92 Å². The number of phenolic OH excluding ortho intramolecular Hbond substituents is 4. The number of hydrogen-bond acceptors (Lipinski definition) is 22. The number of fused-ring (bicyclic) bond motifs is 2. The smallest absolute Gasteiger partial charge is 0.546 e. The number of nitrogens with zero attached hydrogens (tertiary/aromatic N) is 7. The summed E-state index contributed by atoms with van der Waals surface area (Å²) in [7, 11) is -4.08. The van der Waals surface area contributed by atoms with Gasteiger partial charge in [-0.05, 0) is 42.8 Å². The minimum Gasteiger partial charge on any atom is -0.546 e. The van der Waals surface area contributed by atoms with Gasteiger partial charge in [-0.25, -0.2) is 18.4 Å². The average molecular weight is 944 g/mol. The summed E-state index contributed by atoms with van der Waals surface area (Å²) in [5.41, 5.74) is 5.09. The molecule has 312 valence electrons. The Morgan fingerprint density at radius 2 is 1.73 bits per heavy atom. The Labute approximate surface area is 405 Å². The third kappa shape index (κ3) is 9.93. The molecule has 2 aromatic carbocycles. The number of aromatic nitrogens is 5. The summed E-state index contributed by atoms with van der Waals surface area (Å²) in [6.45, 7) is 1.66. The summed E-state index contributed by atoms with van der Waals surface area (Å²) in [5.74, 6) is -8.45. The van der Waals surface area contributed by atoms with E-state index < -0.39 is 91.3 Å². The number of phenols is 4. The Balaban J connectivity index is 0.00000363. The first-order valence-corrected chi connectivity index (χ1v) is 21.5. The Morgan fingerprint density at radius 3 is 2.35 bits per heavy atom. The third-order valence-electron chi connectivity index (χ3n) is 8.74. The van der Waals surface area contributed by atoms with E-state index in [1.54, 1.807) is 13.0 Å². The van der Waals surface area contributed by atoms with Crippen LogP contribution in [0.2, 0.25) is 0 Å². The number of aromatic hydroxyl groups is 4. The molecule has 0 spiro atoms. The summed E-state index contributed by atoms with van der Waals surface area (Å²) < 4.78 is 27.4. The summed E-state index contributed by atoms with van der Waals surface area (Å²) in [4.78, 5) is 70.0. The summed E-state index contributed by atoms with van der Waals surface area (Å²) in [5, 5.41) is 74.5. The second-order valence-corrected chi connectivity index (χ2v) is 17.8. The maximum Gasteiger partial charge on any atom is 1.00 e. The number of nitrogens with two attached hydrogens (primary N) is 1. The largest absolute Gasteiger partial charge is 1.00 e. The van der Waals surface area contributed by atoms with Gasteiger partial charge in [0.15, 0.2) is 55.6 Å². The van der Waals surface area contributed by atoms with E-state index in [1.807, 2.05) is 0 Å². The van der Waals surface area contributed by atoms with E-state index in [4.69, 9.17) is 10.6 Å². The van der Waals surface area contributed by atoms with Crippen LogP contribution in [-0.2, 0) is 39.6 Å². The molecule has 22 nitrogen and oxygen atoms in total. The van der Waals surface area contributed by atoms with Gasteiger partial charge in [-0.3, -0.25) is 14.5 Å². The predicted octanol–water partition coefficient (Wildman–Crippen LogP) is -7.32. The number of aryl methyl sites for hydroxylation is 1. The number of carboxylic acid groups (broad SMARTS) is 2. The van der Waals surface area contributed by atoms with Gasteiger partial charge in [-0.15, -0.1) is 40.0 Å². The molecule has 3 aromatic heterocycles. The molecule has 28 heteroatoms. The molecule has 2 amide bonds. The van der Waals surface area contributed by atoms with Crippen molar-refractivity contribution in [1.82, 2.24) is 34.8 Å². The van der Waals surface area contributed by atoms with Crippen molar-refractivity contribution in [3.63, 3.8) is 0 Å². The molecule has 7 rings (SSSR count). The SMILES string of the molecule is Cc1cc(SCC2=C(C(=O)[O-])N3C(=O)[C@@H](NC(=O)/C(=N\O[C@H](C(=O)[O-])c4ccc(O)c(O)c4)c4csc(N)n4)[C@H]3SC2)n2nc(CS(=O)(=O)c3ccc(O)c(O)c3)nc2n1.[Na+].[Na+]. The van der Waals surface area contributed by atoms with Gasteiger partial charge >= 0.3 is 59.1 Å². The normalized spacial score (nSPS) is 16.7. The first-order chi connectivity index (χ1) is 28.4. The molecule has 0 unspecified atom stereocenters. The molecule has 0 radical (unpaired) electrons. The quantitative estimate of drug-likeness (QED) is 0.0115. The first kappa shape index (κ1) is 48.4. The van der Waals surface area contributed by atoms with Crippen LogP contribution in [0.1, 0.15) is 28.9 Å². The Bertz CT molecular complexity index is 2800. The molecule has 7 N–H and O–H groups in total. The molecule has 1 saturated heterocycles. The fourth-order valence-corrected chi connectivity index (χ4v) is 10.2. The van der Waals surface area contributed by atoms with Crippen LogP contribution in [0.5, 0.6) is 23.0 Å². The van der Waals surface area contributed by atoms with Crippen LogP contribution in [-0.4, -0.2) is 111 Å². The van der Waals surface area contributed by atoms with Gasteiger partial charge in [-0.2, -0.15) is 9.50 Å². The van der Waals surface area contributed by atoms with Gasteiger partial charge in [0, 0.05) is 34.2 Å². The zero-order chi connectivity index (χ0) is 43.2. The maximum absolute atomic E-state index is 13.6. The van der Waals surface area contributed by atoms with Crippen molar-refractivity contribution < 1.29 is 122 Å². The number of amides is 2.